The predicted octanol–water partition coefficient (Wildman–Crippen LogP) is 5.85. The summed E-state index contributed by atoms with van der Waals surface area (Å²) in [5.74, 6) is 0. The summed E-state index contributed by atoms with van der Waals surface area (Å²) in [4.78, 5) is 17.5. The molecule has 4 rings (SSSR count). The molecule has 0 aliphatic rings. The minimum Gasteiger partial charge on any atom is -0.267 e. The molecule has 2 aromatic heterocycles. The maximum absolute atomic E-state index is 13.1. The van der Waals surface area contributed by atoms with Crippen molar-refractivity contribution < 1.29 is 0 Å². The van der Waals surface area contributed by atoms with E-state index in [2.05, 4.69) is 4.98 Å². The Kier molecular flexibility index (Phi) is 4.91. The van der Waals surface area contributed by atoms with Gasteiger partial charge in [0.25, 0.3) is 5.56 Å². The smallest absolute Gasteiger partial charge is 0.267 e. The van der Waals surface area contributed by atoms with E-state index < -0.39 is 0 Å². The summed E-state index contributed by atoms with van der Waals surface area (Å²) < 4.78 is 3.15. The van der Waals surface area contributed by atoms with Crippen LogP contribution < -0.4 is 5.56 Å². The van der Waals surface area contributed by atoms with Gasteiger partial charge >= 0.3 is 0 Å². The Hall–Kier alpha value is -1.98. The summed E-state index contributed by atoms with van der Waals surface area (Å²) in [5, 5.41) is 2.31. The van der Waals surface area contributed by atoms with Crippen LogP contribution in [0.2, 0.25) is 20.1 Å². The molecule has 0 aliphatic heterocycles. The topological polar surface area (TPSA) is 39.8 Å². The molecule has 4 aromatic rings. The van der Waals surface area contributed by atoms with Crippen LogP contribution in [0.25, 0.3) is 16.7 Å². The van der Waals surface area contributed by atoms with Crippen LogP contribution in [-0.4, -0.2) is 14.3 Å². The van der Waals surface area contributed by atoms with Gasteiger partial charge in [0.1, 0.15) is 0 Å². The van der Waals surface area contributed by atoms with Crippen LogP contribution in [0.5, 0.6) is 0 Å². The number of hydrogen-bond donors (Lipinski definition) is 0. The van der Waals surface area contributed by atoms with Crippen molar-refractivity contribution in [1.82, 2.24) is 14.3 Å². The fourth-order valence-electron chi connectivity index (χ4n) is 2.94. The van der Waals surface area contributed by atoms with Gasteiger partial charge in [0.15, 0.2) is 5.65 Å². The van der Waals surface area contributed by atoms with Gasteiger partial charge in [-0.05, 0) is 42.5 Å². The Bertz CT molecular complexity index is 1210. The molecule has 0 aliphatic carbocycles. The first-order chi connectivity index (χ1) is 13.0. The second kappa shape index (κ2) is 7.21. The minimum absolute atomic E-state index is 0.149. The van der Waals surface area contributed by atoms with Crippen LogP contribution in [0.3, 0.4) is 0 Å². The first-order valence-corrected chi connectivity index (χ1v) is 9.43. The lowest BCUT2D eigenvalue weighted by Gasteiger charge is -2.15. The molecule has 8 heteroatoms. The molecule has 2 heterocycles. The standard InChI is InChI=1S/C19H11Cl4N3O/c20-11-6-7-16(23)17(9-11)26-18-12(3-2-8-24-18)19(27)25(26)10-13-14(21)4-1-5-15(13)22/h1-9H,10H2. The fourth-order valence-corrected chi connectivity index (χ4v) is 3.83. The third-order valence-electron chi connectivity index (χ3n) is 4.20. The zero-order valence-electron chi connectivity index (χ0n) is 13.7. The average molecular weight is 439 g/mol. The summed E-state index contributed by atoms with van der Waals surface area (Å²) in [6.07, 6.45) is 1.61. The van der Waals surface area contributed by atoms with Gasteiger partial charge in [-0.1, -0.05) is 52.5 Å². The molecule has 2 aromatic carbocycles. The van der Waals surface area contributed by atoms with Gasteiger partial charge < -0.3 is 0 Å². The zero-order valence-corrected chi connectivity index (χ0v) is 16.7. The van der Waals surface area contributed by atoms with Gasteiger partial charge in [0.05, 0.1) is 22.6 Å². The number of aromatic nitrogens is 3. The molecular weight excluding hydrogens is 428 g/mol. The molecule has 0 unspecified atom stereocenters. The van der Waals surface area contributed by atoms with E-state index in [1.165, 1.54) is 4.68 Å². The van der Waals surface area contributed by atoms with Crippen LogP contribution in [0.4, 0.5) is 0 Å². The molecule has 0 saturated carbocycles. The Balaban J connectivity index is 2.05. The molecule has 27 heavy (non-hydrogen) atoms. The third kappa shape index (κ3) is 3.23. The quantitative estimate of drug-likeness (QED) is 0.402. The average Bonchev–Trinajstić information content (AvgIpc) is 2.93. The van der Waals surface area contributed by atoms with E-state index in [1.807, 2.05) is 0 Å². The highest BCUT2D eigenvalue weighted by molar-refractivity contribution is 6.36. The molecule has 0 amide bonds. The van der Waals surface area contributed by atoms with Gasteiger partial charge in [-0.25, -0.2) is 14.3 Å². The van der Waals surface area contributed by atoms with E-state index in [4.69, 9.17) is 46.4 Å². The number of benzene rings is 2. The normalized spacial score (nSPS) is 11.3. The minimum atomic E-state index is -0.231. The highest BCUT2D eigenvalue weighted by atomic mass is 35.5. The van der Waals surface area contributed by atoms with Crippen molar-refractivity contribution in [2.24, 2.45) is 0 Å². The maximum atomic E-state index is 13.1. The van der Waals surface area contributed by atoms with E-state index >= 15 is 0 Å². The summed E-state index contributed by atoms with van der Waals surface area (Å²) in [6, 6.07) is 13.7. The molecule has 0 fully saturated rings. The molecule has 0 radical (unpaired) electrons. The Labute approximate surface area is 174 Å². The van der Waals surface area contributed by atoms with E-state index in [9.17, 15) is 4.79 Å². The van der Waals surface area contributed by atoms with Crippen LogP contribution >= 0.6 is 46.4 Å². The van der Waals surface area contributed by atoms with Gasteiger partial charge in [-0.3, -0.25) is 4.79 Å². The largest absolute Gasteiger partial charge is 0.276 e. The Morgan fingerprint density at radius 1 is 0.889 bits per heavy atom. The van der Waals surface area contributed by atoms with E-state index in [1.54, 1.807) is 59.4 Å². The lowest BCUT2D eigenvalue weighted by Crippen LogP contribution is -2.23. The molecule has 0 atom stereocenters. The molecule has 0 saturated heterocycles. The van der Waals surface area contributed by atoms with Gasteiger partial charge in [-0.15, -0.1) is 0 Å². The highest BCUT2D eigenvalue weighted by Gasteiger charge is 2.19. The molecule has 0 N–H and O–H groups in total. The number of pyridine rings is 1. The number of halogens is 4. The maximum Gasteiger partial charge on any atom is 0.276 e. The molecule has 4 nitrogen and oxygen atoms in total. The van der Waals surface area contributed by atoms with Crippen LogP contribution in [0.15, 0.2) is 59.5 Å². The van der Waals surface area contributed by atoms with Crippen LogP contribution in [-0.2, 0) is 6.54 Å². The van der Waals surface area contributed by atoms with Crippen molar-refractivity contribution in [3.05, 3.63) is 90.7 Å². The van der Waals surface area contributed by atoms with E-state index in [-0.39, 0.29) is 12.1 Å². The first kappa shape index (κ1) is 18.4. The Morgan fingerprint density at radius 3 is 2.37 bits per heavy atom. The van der Waals surface area contributed by atoms with E-state index in [0.717, 1.165) is 0 Å². The van der Waals surface area contributed by atoms with Gasteiger partial charge in [-0.2, -0.15) is 0 Å². The summed E-state index contributed by atoms with van der Waals surface area (Å²) in [7, 11) is 0. The van der Waals surface area contributed by atoms with Gasteiger partial charge in [0.2, 0.25) is 0 Å². The molecule has 0 bridgehead atoms. The second-order valence-corrected chi connectivity index (χ2v) is 7.50. The molecule has 0 spiro atoms. The van der Waals surface area contributed by atoms with Crippen molar-refractivity contribution >= 4 is 57.4 Å². The summed E-state index contributed by atoms with van der Waals surface area (Å²) in [6.45, 7) is 0.149. The monoisotopic (exact) mass is 437 g/mol. The first-order valence-electron chi connectivity index (χ1n) is 7.92. The van der Waals surface area contributed by atoms with E-state index in [0.29, 0.717) is 42.4 Å². The molecule has 136 valence electrons. The van der Waals surface area contributed by atoms with Crippen molar-refractivity contribution in [1.29, 1.82) is 0 Å². The second-order valence-electron chi connectivity index (χ2n) is 5.85. The van der Waals surface area contributed by atoms with Crippen molar-refractivity contribution in [3.63, 3.8) is 0 Å². The number of rotatable bonds is 3. The third-order valence-corrected chi connectivity index (χ3v) is 5.46. The fraction of sp³-hybridized carbons (Fsp3) is 0.0526. The summed E-state index contributed by atoms with van der Waals surface area (Å²) >= 11 is 25.2. The predicted molar refractivity (Wildman–Crippen MR) is 111 cm³/mol. The summed E-state index contributed by atoms with van der Waals surface area (Å²) in [5.41, 5.74) is 1.41. The zero-order chi connectivity index (χ0) is 19.1. The number of hydrogen-bond acceptors (Lipinski definition) is 2. The van der Waals surface area contributed by atoms with Gasteiger partial charge in [0, 0.05) is 26.8 Å². The lowest BCUT2D eigenvalue weighted by atomic mass is 10.2. The van der Waals surface area contributed by atoms with Crippen molar-refractivity contribution in [2.75, 3.05) is 0 Å². The van der Waals surface area contributed by atoms with Crippen molar-refractivity contribution in [3.8, 4) is 5.69 Å². The molecular formula is C19H11Cl4N3O. The highest BCUT2D eigenvalue weighted by Crippen LogP contribution is 2.29. The van der Waals surface area contributed by atoms with Crippen molar-refractivity contribution in [2.45, 2.75) is 6.54 Å². The van der Waals surface area contributed by atoms with Crippen LogP contribution in [0, 0.1) is 0 Å². The van der Waals surface area contributed by atoms with Crippen LogP contribution in [0.1, 0.15) is 5.56 Å². The SMILES string of the molecule is O=c1c2cccnc2n(-c2cc(Cl)ccc2Cl)n1Cc1c(Cl)cccc1Cl. The number of fused-ring (bicyclic) bond motifs is 1. The lowest BCUT2D eigenvalue weighted by molar-refractivity contribution is 0.595. The Morgan fingerprint density at radius 2 is 1.63 bits per heavy atom. The number of nitrogens with zero attached hydrogens (tertiary/aromatic N) is 3.